The van der Waals surface area contributed by atoms with Crippen molar-refractivity contribution >= 4 is 11.8 Å². The van der Waals surface area contributed by atoms with Crippen LogP contribution in [-0.2, 0) is 6.42 Å². The second kappa shape index (κ2) is 5.57. The van der Waals surface area contributed by atoms with E-state index in [4.69, 9.17) is 0 Å². The van der Waals surface area contributed by atoms with Gasteiger partial charge in [-0.25, -0.2) is 0 Å². The van der Waals surface area contributed by atoms with E-state index in [1.54, 1.807) is 0 Å². The molecule has 2 rings (SSSR count). The van der Waals surface area contributed by atoms with Crippen molar-refractivity contribution in [2.45, 2.75) is 25.0 Å². The lowest BCUT2D eigenvalue weighted by Crippen LogP contribution is -2.10. The predicted octanol–water partition coefficient (Wildman–Crippen LogP) is 2.63. The van der Waals surface area contributed by atoms with Crippen molar-refractivity contribution in [2.24, 2.45) is 0 Å². The van der Waals surface area contributed by atoms with E-state index in [-0.39, 0.29) is 0 Å². The SMILES string of the molecule is Cc1ccccc1CCSC1CCNC1. The fourth-order valence-corrected chi connectivity index (χ4v) is 3.19. The molecule has 1 aromatic carbocycles. The third-order valence-electron chi connectivity index (χ3n) is 3.00. The van der Waals surface area contributed by atoms with E-state index in [9.17, 15) is 0 Å². The molecule has 2 heteroatoms. The molecule has 1 heterocycles. The minimum absolute atomic E-state index is 0.856. The average Bonchev–Trinajstić information content (AvgIpc) is 2.74. The molecule has 0 radical (unpaired) electrons. The van der Waals surface area contributed by atoms with Crippen molar-refractivity contribution in [1.82, 2.24) is 5.32 Å². The van der Waals surface area contributed by atoms with Gasteiger partial charge in [0, 0.05) is 11.8 Å². The quantitative estimate of drug-likeness (QED) is 0.839. The molecule has 15 heavy (non-hydrogen) atoms. The molecule has 1 saturated heterocycles. The largest absolute Gasteiger partial charge is 0.316 e. The highest BCUT2D eigenvalue weighted by Crippen LogP contribution is 2.19. The van der Waals surface area contributed by atoms with Crippen LogP contribution >= 0.6 is 11.8 Å². The zero-order valence-electron chi connectivity index (χ0n) is 9.33. The summed E-state index contributed by atoms with van der Waals surface area (Å²) in [5.74, 6) is 1.26. The Morgan fingerprint density at radius 2 is 2.27 bits per heavy atom. The summed E-state index contributed by atoms with van der Waals surface area (Å²) in [5.41, 5.74) is 2.94. The summed E-state index contributed by atoms with van der Waals surface area (Å²) in [6, 6.07) is 8.72. The van der Waals surface area contributed by atoms with Gasteiger partial charge in [-0.15, -0.1) is 0 Å². The summed E-state index contributed by atoms with van der Waals surface area (Å²) in [7, 11) is 0. The standard InChI is InChI=1S/C13H19NS/c1-11-4-2-3-5-12(11)7-9-15-13-6-8-14-10-13/h2-5,13-14H,6-10H2,1H3. The summed E-state index contributed by atoms with van der Waals surface area (Å²) in [4.78, 5) is 0. The van der Waals surface area contributed by atoms with Gasteiger partial charge in [0.1, 0.15) is 0 Å². The van der Waals surface area contributed by atoms with E-state index in [1.807, 2.05) is 0 Å². The van der Waals surface area contributed by atoms with Crippen molar-refractivity contribution in [1.29, 1.82) is 0 Å². The van der Waals surface area contributed by atoms with E-state index in [0.29, 0.717) is 0 Å². The van der Waals surface area contributed by atoms with Crippen LogP contribution in [0.5, 0.6) is 0 Å². The van der Waals surface area contributed by atoms with Gasteiger partial charge in [0.2, 0.25) is 0 Å². The average molecular weight is 221 g/mol. The van der Waals surface area contributed by atoms with E-state index in [0.717, 1.165) is 5.25 Å². The van der Waals surface area contributed by atoms with Gasteiger partial charge in [-0.05, 0) is 43.2 Å². The Hall–Kier alpha value is -0.470. The molecule has 1 fully saturated rings. The van der Waals surface area contributed by atoms with Crippen molar-refractivity contribution in [3.05, 3.63) is 35.4 Å². The third kappa shape index (κ3) is 3.25. The summed E-state index contributed by atoms with van der Waals surface area (Å²) in [6.07, 6.45) is 2.56. The van der Waals surface area contributed by atoms with Crippen LogP contribution in [0.2, 0.25) is 0 Å². The second-order valence-electron chi connectivity index (χ2n) is 4.16. The van der Waals surface area contributed by atoms with Crippen LogP contribution in [0, 0.1) is 6.92 Å². The van der Waals surface area contributed by atoms with Gasteiger partial charge in [-0.3, -0.25) is 0 Å². The zero-order chi connectivity index (χ0) is 10.5. The lowest BCUT2D eigenvalue weighted by atomic mass is 10.1. The van der Waals surface area contributed by atoms with Gasteiger partial charge in [0.05, 0.1) is 0 Å². The van der Waals surface area contributed by atoms with Crippen LogP contribution in [0.3, 0.4) is 0 Å². The van der Waals surface area contributed by atoms with Crippen LogP contribution in [-0.4, -0.2) is 24.1 Å². The normalized spacial score (nSPS) is 20.7. The van der Waals surface area contributed by atoms with Crippen molar-refractivity contribution in [2.75, 3.05) is 18.8 Å². The molecule has 0 bridgehead atoms. The molecule has 0 spiro atoms. The third-order valence-corrected chi connectivity index (χ3v) is 4.31. The second-order valence-corrected chi connectivity index (χ2v) is 5.57. The minimum Gasteiger partial charge on any atom is -0.316 e. The fourth-order valence-electron chi connectivity index (χ4n) is 2.00. The number of hydrogen-bond donors (Lipinski definition) is 1. The summed E-state index contributed by atoms with van der Waals surface area (Å²) < 4.78 is 0. The number of rotatable bonds is 4. The van der Waals surface area contributed by atoms with Crippen molar-refractivity contribution in [3.8, 4) is 0 Å². The first-order valence-corrected chi connectivity index (χ1v) is 6.78. The van der Waals surface area contributed by atoms with Gasteiger partial charge < -0.3 is 5.32 Å². The molecule has 1 unspecified atom stereocenters. The molecule has 0 amide bonds. The fraction of sp³-hybridized carbons (Fsp3) is 0.538. The first-order chi connectivity index (χ1) is 7.36. The maximum atomic E-state index is 3.41. The van der Waals surface area contributed by atoms with E-state index in [1.165, 1.54) is 42.8 Å². The minimum atomic E-state index is 0.856. The van der Waals surface area contributed by atoms with Crippen LogP contribution in [0.4, 0.5) is 0 Å². The Morgan fingerprint density at radius 3 is 3.00 bits per heavy atom. The van der Waals surface area contributed by atoms with Crippen molar-refractivity contribution < 1.29 is 0 Å². The number of nitrogens with one attached hydrogen (secondary N) is 1. The summed E-state index contributed by atoms with van der Waals surface area (Å²) in [6.45, 7) is 4.62. The molecule has 0 aliphatic carbocycles. The molecule has 1 aromatic rings. The Morgan fingerprint density at radius 1 is 1.40 bits per heavy atom. The molecule has 82 valence electrons. The molecule has 0 saturated carbocycles. The molecular weight excluding hydrogens is 202 g/mol. The number of benzene rings is 1. The molecule has 1 aliphatic heterocycles. The lowest BCUT2D eigenvalue weighted by Gasteiger charge is -2.09. The van der Waals surface area contributed by atoms with Gasteiger partial charge in [-0.1, -0.05) is 24.3 Å². The molecule has 1 aliphatic rings. The van der Waals surface area contributed by atoms with Gasteiger partial charge in [0.25, 0.3) is 0 Å². The van der Waals surface area contributed by atoms with E-state index in [2.05, 4.69) is 48.3 Å². The predicted molar refractivity (Wildman–Crippen MR) is 68.6 cm³/mol. The molecule has 0 aromatic heterocycles. The Kier molecular flexibility index (Phi) is 4.09. The maximum absolute atomic E-state index is 3.41. The Labute approximate surface area is 96.7 Å². The first kappa shape index (κ1) is 11.0. The van der Waals surface area contributed by atoms with Crippen LogP contribution in [0.25, 0.3) is 0 Å². The zero-order valence-corrected chi connectivity index (χ0v) is 10.1. The molecule has 1 nitrogen and oxygen atoms in total. The van der Waals surface area contributed by atoms with E-state index < -0.39 is 0 Å². The number of aryl methyl sites for hydroxylation is 2. The smallest absolute Gasteiger partial charge is 0.0184 e. The summed E-state index contributed by atoms with van der Waals surface area (Å²) >= 11 is 2.13. The highest BCUT2D eigenvalue weighted by atomic mass is 32.2. The maximum Gasteiger partial charge on any atom is 0.0184 e. The van der Waals surface area contributed by atoms with Crippen molar-refractivity contribution in [3.63, 3.8) is 0 Å². The first-order valence-electron chi connectivity index (χ1n) is 5.73. The Balaban J connectivity index is 1.75. The number of thioether (sulfide) groups is 1. The highest BCUT2D eigenvalue weighted by Gasteiger charge is 2.13. The van der Waals surface area contributed by atoms with Crippen LogP contribution in [0.1, 0.15) is 17.5 Å². The van der Waals surface area contributed by atoms with E-state index >= 15 is 0 Å². The molecule has 1 atom stereocenters. The topological polar surface area (TPSA) is 12.0 Å². The number of hydrogen-bond acceptors (Lipinski definition) is 2. The highest BCUT2D eigenvalue weighted by molar-refractivity contribution is 7.99. The van der Waals surface area contributed by atoms with Gasteiger partial charge in [0.15, 0.2) is 0 Å². The molecular formula is C13H19NS. The summed E-state index contributed by atoms with van der Waals surface area (Å²) in [5, 5.41) is 4.27. The Bertz CT molecular complexity index is 305. The van der Waals surface area contributed by atoms with Gasteiger partial charge >= 0.3 is 0 Å². The van der Waals surface area contributed by atoms with Crippen LogP contribution < -0.4 is 5.32 Å². The monoisotopic (exact) mass is 221 g/mol. The van der Waals surface area contributed by atoms with Crippen LogP contribution in [0.15, 0.2) is 24.3 Å². The molecule has 1 N–H and O–H groups in total. The lowest BCUT2D eigenvalue weighted by molar-refractivity contribution is 0.858. The van der Waals surface area contributed by atoms with Gasteiger partial charge in [-0.2, -0.15) is 11.8 Å².